The summed E-state index contributed by atoms with van der Waals surface area (Å²) < 4.78 is 71.0. The fourth-order valence-corrected chi connectivity index (χ4v) is 1.02. The van der Waals surface area contributed by atoms with Gasteiger partial charge in [0.25, 0.3) is 0 Å². The van der Waals surface area contributed by atoms with Crippen LogP contribution in [0.1, 0.15) is 6.42 Å². The zero-order valence-corrected chi connectivity index (χ0v) is 7.70. The fraction of sp³-hybridized carbons (Fsp3) is 1.00. The van der Waals surface area contributed by atoms with Gasteiger partial charge in [-0.25, -0.2) is 0 Å². The van der Waals surface area contributed by atoms with E-state index in [9.17, 15) is 26.3 Å². The Morgan fingerprint density at radius 1 is 0.867 bits per heavy atom. The Bertz CT molecular complexity index is 161. The van der Waals surface area contributed by atoms with E-state index < -0.39 is 38.6 Å². The van der Waals surface area contributed by atoms with Crippen molar-refractivity contribution in [2.75, 3.05) is 26.2 Å². The highest BCUT2D eigenvalue weighted by Gasteiger charge is 2.36. The van der Waals surface area contributed by atoms with Crippen molar-refractivity contribution in [1.82, 2.24) is 4.90 Å². The van der Waals surface area contributed by atoms with E-state index in [2.05, 4.69) is 0 Å². The van der Waals surface area contributed by atoms with Crippen molar-refractivity contribution in [3.63, 3.8) is 0 Å². The Balaban J connectivity index is 4.19. The third-order valence-electron chi connectivity index (χ3n) is 1.44. The Morgan fingerprint density at radius 2 is 1.27 bits per heavy atom. The number of rotatable bonds is 5. The largest absolute Gasteiger partial charge is 0.401 e. The molecule has 0 rings (SSSR count). The molecule has 0 aliphatic carbocycles. The van der Waals surface area contributed by atoms with E-state index >= 15 is 0 Å². The molecule has 0 saturated carbocycles. The number of aliphatic hydroxyl groups excluding tert-OH is 1. The summed E-state index contributed by atoms with van der Waals surface area (Å²) in [5, 5.41) is 8.32. The van der Waals surface area contributed by atoms with Gasteiger partial charge in [-0.3, -0.25) is 4.90 Å². The van der Waals surface area contributed by atoms with Gasteiger partial charge in [0.05, 0.1) is 13.1 Å². The third-order valence-corrected chi connectivity index (χ3v) is 1.44. The lowest BCUT2D eigenvalue weighted by molar-refractivity contribution is -0.180. The number of nitrogens with zero attached hydrogens (tertiary/aromatic N) is 1. The van der Waals surface area contributed by atoms with E-state index in [1.807, 2.05) is 0 Å². The monoisotopic (exact) mass is 239 g/mol. The summed E-state index contributed by atoms with van der Waals surface area (Å²) in [6, 6.07) is 0. The Kier molecular flexibility index (Phi) is 5.36. The van der Waals surface area contributed by atoms with Crippen LogP contribution in [0, 0.1) is 0 Å². The molecule has 0 fully saturated rings. The first-order valence-electron chi connectivity index (χ1n) is 4.11. The highest BCUT2D eigenvalue weighted by molar-refractivity contribution is 4.67. The smallest absolute Gasteiger partial charge is 0.396 e. The molecule has 2 nitrogen and oxygen atoms in total. The molecule has 0 aromatic rings. The van der Waals surface area contributed by atoms with Crippen molar-refractivity contribution in [3.8, 4) is 0 Å². The minimum absolute atomic E-state index is 0.119. The van der Waals surface area contributed by atoms with Crippen LogP contribution in [-0.2, 0) is 0 Å². The van der Waals surface area contributed by atoms with Crippen LogP contribution in [0.3, 0.4) is 0 Å². The highest BCUT2D eigenvalue weighted by Crippen LogP contribution is 2.21. The summed E-state index contributed by atoms with van der Waals surface area (Å²) in [5.74, 6) is 0. The fourth-order valence-electron chi connectivity index (χ4n) is 1.02. The topological polar surface area (TPSA) is 23.5 Å². The lowest BCUT2D eigenvalue weighted by atomic mass is 10.3. The number of hydrogen-bond donors (Lipinski definition) is 1. The zero-order valence-electron chi connectivity index (χ0n) is 7.70. The van der Waals surface area contributed by atoms with Gasteiger partial charge < -0.3 is 5.11 Å². The molecule has 0 saturated heterocycles. The molecule has 0 bridgehead atoms. The predicted octanol–water partition coefficient (Wildman–Crippen LogP) is 1.80. The molecule has 0 aliphatic heterocycles. The maximum absolute atomic E-state index is 11.8. The van der Waals surface area contributed by atoms with E-state index in [4.69, 9.17) is 5.11 Å². The van der Waals surface area contributed by atoms with Crippen molar-refractivity contribution in [3.05, 3.63) is 0 Å². The highest BCUT2D eigenvalue weighted by atomic mass is 19.4. The third kappa shape index (κ3) is 9.80. The van der Waals surface area contributed by atoms with Crippen LogP contribution in [0.15, 0.2) is 0 Å². The zero-order chi connectivity index (χ0) is 12.1. The number of aliphatic hydroxyl groups is 1. The first-order valence-corrected chi connectivity index (χ1v) is 4.11. The molecule has 0 amide bonds. The maximum atomic E-state index is 11.8. The quantitative estimate of drug-likeness (QED) is 0.739. The summed E-state index contributed by atoms with van der Waals surface area (Å²) in [6.45, 7) is -4.11. The number of hydrogen-bond acceptors (Lipinski definition) is 2. The van der Waals surface area contributed by atoms with Crippen LogP contribution < -0.4 is 0 Å². The lowest BCUT2D eigenvalue weighted by Gasteiger charge is -2.24. The minimum atomic E-state index is -4.67. The van der Waals surface area contributed by atoms with E-state index in [1.165, 1.54) is 0 Å². The van der Waals surface area contributed by atoms with Gasteiger partial charge in [-0.05, 0) is 6.42 Å². The summed E-state index contributed by atoms with van der Waals surface area (Å²) in [5.41, 5.74) is 0. The van der Waals surface area contributed by atoms with E-state index in [0.717, 1.165) is 0 Å². The van der Waals surface area contributed by atoms with Crippen molar-refractivity contribution >= 4 is 0 Å². The first kappa shape index (κ1) is 14.5. The average Bonchev–Trinajstić information content (AvgIpc) is 1.94. The van der Waals surface area contributed by atoms with Gasteiger partial charge in [0.15, 0.2) is 0 Å². The van der Waals surface area contributed by atoms with Gasteiger partial charge in [-0.1, -0.05) is 0 Å². The molecule has 8 heteroatoms. The summed E-state index contributed by atoms with van der Waals surface area (Å²) >= 11 is 0. The molecule has 0 aromatic carbocycles. The second kappa shape index (κ2) is 5.55. The van der Waals surface area contributed by atoms with Crippen LogP contribution in [0.25, 0.3) is 0 Å². The summed E-state index contributed by atoms with van der Waals surface area (Å²) in [4.78, 5) is 0.218. The van der Waals surface area contributed by atoms with Crippen LogP contribution in [-0.4, -0.2) is 48.6 Å². The van der Waals surface area contributed by atoms with Gasteiger partial charge >= 0.3 is 12.4 Å². The van der Waals surface area contributed by atoms with Crippen molar-refractivity contribution in [2.45, 2.75) is 18.8 Å². The van der Waals surface area contributed by atoms with E-state index in [0.29, 0.717) is 0 Å². The Hall–Kier alpha value is -0.500. The summed E-state index contributed by atoms with van der Waals surface area (Å²) in [7, 11) is 0. The molecular formula is C7H11F6NO. The van der Waals surface area contributed by atoms with Gasteiger partial charge in [0.2, 0.25) is 0 Å². The van der Waals surface area contributed by atoms with Gasteiger partial charge in [-0.15, -0.1) is 0 Å². The standard InChI is InChI=1S/C7H11F6NO/c8-6(9,10)4-14(2-1-3-15)5-7(11,12)13/h15H,1-5H2. The van der Waals surface area contributed by atoms with Crippen LogP contribution >= 0.6 is 0 Å². The Morgan fingerprint density at radius 3 is 1.53 bits per heavy atom. The molecule has 0 spiro atoms. The SMILES string of the molecule is OCCCN(CC(F)(F)F)CC(F)(F)F. The second-order valence-corrected chi connectivity index (χ2v) is 3.02. The van der Waals surface area contributed by atoms with Gasteiger partial charge in [-0.2, -0.15) is 26.3 Å². The normalized spacial score (nSPS) is 13.6. The predicted molar refractivity (Wildman–Crippen MR) is 40.3 cm³/mol. The molecular weight excluding hydrogens is 228 g/mol. The minimum Gasteiger partial charge on any atom is -0.396 e. The molecule has 92 valence electrons. The summed E-state index contributed by atoms with van der Waals surface area (Å²) in [6.07, 6.45) is -9.45. The van der Waals surface area contributed by atoms with Crippen LogP contribution in [0.2, 0.25) is 0 Å². The molecule has 0 heterocycles. The van der Waals surface area contributed by atoms with Gasteiger partial charge in [0, 0.05) is 13.2 Å². The molecule has 0 atom stereocenters. The molecule has 0 radical (unpaired) electrons. The molecule has 1 N–H and O–H groups in total. The average molecular weight is 239 g/mol. The van der Waals surface area contributed by atoms with E-state index in [-0.39, 0.29) is 11.3 Å². The molecule has 0 unspecified atom stereocenters. The number of alkyl halides is 6. The van der Waals surface area contributed by atoms with Crippen molar-refractivity contribution in [2.24, 2.45) is 0 Å². The van der Waals surface area contributed by atoms with Gasteiger partial charge in [0.1, 0.15) is 0 Å². The van der Waals surface area contributed by atoms with Crippen molar-refractivity contribution < 1.29 is 31.4 Å². The second-order valence-electron chi connectivity index (χ2n) is 3.02. The maximum Gasteiger partial charge on any atom is 0.401 e. The Labute approximate surface area is 82.5 Å². The van der Waals surface area contributed by atoms with Crippen LogP contribution in [0.5, 0.6) is 0 Å². The van der Waals surface area contributed by atoms with Crippen LogP contribution in [0.4, 0.5) is 26.3 Å². The first-order chi connectivity index (χ1) is 6.64. The molecule has 15 heavy (non-hydrogen) atoms. The van der Waals surface area contributed by atoms with Crippen molar-refractivity contribution in [1.29, 1.82) is 0 Å². The molecule has 0 aromatic heterocycles. The molecule has 0 aliphatic rings. The van der Waals surface area contributed by atoms with E-state index in [1.54, 1.807) is 0 Å². The lowest BCUT2D eigenvalue weighted by Crippen LogP contribution is -2.41. The number of halogens is 6.